The van der Waals surface area contributed by atoms with Gasteiger partial charge in [0.2, 0.25) is 0 Å². The minimum atomic E-state index is -0.371. The first kappa shape index (κ1) is 15.5. The van der Waals surface area contributed by atoms with Gasteiger partial charge in [0.1, 0.15) is 5.75 Å². The van der Waals surface area contributed by atoms with Gasteiger partial charge in [-0.15, -0.1) is 0 Å². The summed E-state index contributed by atoms with van der Waals surface area (Å²) in [5, 5.41) is 3.48. The van der Waals surface area contributed by atoms with Crippen LogP contribution in [0.25, 0.3) is 0 Å². The molecule has 0 aliphatic rings. The zero-order chi connectivity index (χ0) is 14.1. The highest BCUT2D eigenvalue weighted by atomic mass is 16.6. The van der Waals surface area contributed by atoms with Gasteiger partial charge in [0.05, 0.1) is 7.11 Å². The molecule has 0 aromatic heterocycles. The number of carbonyl (C=O) groups excluding carboxylic acids is 1. The summed E-state index contributed by atoms with van der Waals surface area (Å²) in [6.07, 6.45) is 2.06. The summed E-state index contributed by atoms with van der Waals surface area (Å²) in [6.45, 7) is 5.17. The third-order valence-corrected chi connectivity index (χ3v) is 2.92. The van der Waals surface area contributed by atoms with E-state index >= 15 is 0 Å². The summed E-state index contributed by atoms with van der Waals surface area (Å²) in [5.41, 5.74) is 1.09. The Kier molecular flexibility index (Phi) is 6.97. The van der Waals surface area contributed by atoms with Crippen LogP contribution in [0, 0.1) is 0 Å². The molecule has 0 bridgehead atoms. The summed E-state index contributed by atoms with van der Waals surface area (Å²) < 4.78 is 10.1. The maximum absolute atomic E-state index is 11.1. The number of carbonyl (C=O) groups is 1. The average Bonchev–Trinajstić information content (AvgIpc) is 2.46. The van der Waals surface area contributed by atoms with E-state index in [0.29, 0.717) is 0 Å². The maximum Gasteiger partial charge on any atom is 0.343 e. The van der Waals surface area contributed by atoms with Crippen LogP contribution in [0.5, 0.6) is 5.75 Å². The number of benzene rings is 1. The highest BCUT2D eigenvalue weighted by molar-refractivity contribution is 5.70. The van der Waals surface area contributed by atoms with Gasteiger partial charge >= 0.3 is 5.97 Å². The molecule has 4 heteroatoms. The van der Waals surface area contributed by atoms with E-state index in [0.717, 1.165) is 30.7 Å². The van der Waals surface area contributed by atoms with Gasteiger partial charge in [-0.05, 0) is 25.5 Å². The van der Waals surface area contributed by atoms with E-state index in [9.17, 15) is 4.79 Å². The predicted octanol–water partition coefficient (Wildman–Crippen LogP) is 2.69. The normalized spacial score (nSPS) is 11.9. The first-order chi connectivity index (χ1) is 9.22. The van der Waals surface area contributed by atoms with Crippen LogP contribution in [0.4, 0.5) is 0 Å². The highest BCUT2D eigenvalue weighted by Crippen LogP contribution is 2.27. The zero-order valence-electron chi connectivity index (χ0n) is 11.9. The van der Waals surface area contributed by atoms with E-state index in [1.54, 1.807) is 0 Å². The minimum Gasteiger partial charge on any atom is -0.482 e. The standard InChI is InChI=1S/C15H23NO3/c1-4-10-16-13(5-2)12-8-6-7-9-14(12)19-11-15(17)18-3/h6-9,13,16H,4-5,10-11H2,1-3H3. The lowest BCUT2D eigenvalue weighted by atomic mass is 10.0. The van der Waals surface area contributed by atoms with Crippen LogP contribution in [-0.2, 0) is 9.53 Å². The molecule has 1 aromatic rings. The van der Waals surface area contributed by atoms with Gasteiger partial charge < -0.3 is 14.8 Å². The van der Waals surface area contributed by atoms with Gasteiger partial charge in [0.15, 0.2) is 6.61 Å². The molecule has 1 aromatic carbocycles. The van der Waals surface area contributed by atoms with Crippen LogP contribution < -0.4 is 10.1 Å². The fraction of sp³-hybridized carbons (Fsp3) is 0.533. The topological polar surface area (TPSA) is 47.6 Å². The molecular weight excluding hydrogens is 242 g/mol. The van der Waals surface area contributed by atoms with Gasteiger partial charge in [-0.2, -0.15) is 0 Å². The summed E-state index contributed by atoms with van der Waals surface area (Å²) in [4.78, 5) is 11.1. The van der Waals surface area contributed by atoms with Gasteiger partial charge in [-0.3, -0.25) is 0 Å². The minimum absolute atomic E-state index is 0.0578. The lowest BCUT2D eigenvalue weighted by Crippen LogP contribution is -2.22. The number of hydrogen-bond donors (Lipinski definition) is 1. The largest absolute Gasteiger partial charge is 0.482 e. The van der Waals surface area contributed by atoms with E-state index in [4.69, 9.17) is 4.74 Å². The second-order valence-corrected chi connectivity index (χ2v) is 4.32. The van der Waals surface area contributed by atoms with Gasteiger partial charge in [0, 0.05) is 11.6 Å². The van der Waals surface area contributed by atoms with Crippen molar-refractivity contribution < 1.29 is 14.3 Å². The van der Waals surface area contributed by atoms with Crippen LogP contribution in [-0.4, -0.2) is 26.2 Å². The molecule has 0 fully saturated rings. The fourth-order valence-corrected chi connectivity index (χ4v) is 1.89. The molecule has 1 atom stereocenters. The van der Waals surface area contributed by atoms with E-state index in [2.05, 4.69) is 23.9 Å². The van der Waals surface area contributed by atoms with E-state index in [-0.39, 0.29) is 18.6 Å². The smallest absolute Gasteiger partial charge is 0.343 e. The van der Waals surface area contributed by atoms with Crippen molar-refractivity contribution >= 4 is 5.97 Å². The second-order valence-electron chi connectivity index (χ2n) is 4.32. The molecule has 0 spiro atoms. The van der Waals surface area contributed by atoms with Crippen LogP contribution in [0.1, 0.15) is 38.3 Å². The van der Waals surface area contributed by atoms with E-state index < -0.39 is 0 Å². The van der Waals surface area contributed by atoms with Crippen molar-refractivity contribution in [1.29, 1.82) is 0 Å². The Bertz CT molecular complexity index is 393. The first-order valence-corrected chi connectivity index (χ1v) is 6.74. The van der Waals surface area contributed by atoms with Gasteiger partial charge in [-0.1, -0.05) is 32.0 Å². The van der Waals surface area contributed by atoms with Crippen molar-refractivity contribution in [3.63, 3.8) is 0 Å². The number of hydrogen-bond acceptors (Lipinski definition) is 4. The van der Waals surface area contributed by atoms with Crippen molar-refractivity contribution in [2.45, 2.75) is 32.7 Å². The van der Waals surface area contributed by atoms with Crippen molar-refractivity contribution in [2.24, 2.45) is 0 Å². The monoisotopic (exact) mass is 265 g/mol. The van der Waals surface area contributed by atoms with E-state index in [1.807, 2.05) is 24.3 Å². The van der Waals surface area contributed by atoms with Crippen molar-refractivity contribution in [1.82, 2.24) is 5.32 Å². The summed E-state index contributed by atoms with van der Waals surface area (Å²) in [5.74, 6) is 0.368. The molecule has 0 saturated carbocycles. The molecule has 1 rings (SSSR count). The third kappa shape index (κ3) is 4.91. The highest BCUT2D eigenvalue weighted by Gasteiger charge is 2.14. The Hall–Kier alpha value is -1.55. The Labute approximate surface area is 115 Å². The number of nitrogens with one attached hydrogen (secondary N) is 1. The first-order valence-electron chi connectivity index (χ1n) is 6.74. The molecule has 0 amide bonds. The number of ether oxygens (including phenoxy) is 2. The molecule has 0 aliphatic heterocycles. The van der Waals surface area contributed by atoms with Crippen molar-refractivity contribution in [3.05, 3.63) is 29.8 Å². The molecule has 0 saturated heterocycles. The maximum atomic E-state index is 11.1. The third-order valence-electron chi connectivity index (χ3n) is 2.92. The van der Waals surface area contributed by atoms with Crippen molar-refractivity contribution in [2.75, 3.05) is 20.3 Å². The molecule has 106 valence electrons. The second kappa shape index (κ2) is 8.53. The number of methoxy groups -OCH3 is 1. The van der Waals surface area contributed by atoms with Crippen LogP contribution in [0.15, 0.2) is 24.3 Å². The Morgan fingerprint density at radius 2 is 2.05 bits per heavy atom. The molecule has 19 heavy (non-hydrogen) atoms. The van der Waals surface area contributed by atoms with Crippen molar-refractivity contribution in [3.8, 4) is 5.75 Å². The molecule has 0 aliphatic carbocycles. The zero-order valence-corrected chi connectivity index (χ0v) is 11.9. The Morgan fingerprint density at radius 1 is 1.32 bits per heavy atom. The molecule has 0 radical (unpaired) electrons. The van der Waals surface area contributed by atoms with Crippen LogP contribution >= 0.6 is 0 Å². The Morgan fingerprint density at radius 3 is 2.68 bits per heavy atom. The molecule has 1 unspecified atom stereocenters. The lowest BCUT2D eigenvalue weighted by molar-refractivity contribution is -0.142. The van der Waals surface area contributed by atoms with Crippen LogP contribution in [0.2, 0.25) is 0 Å². The lowest BCUT2D eigenvalue weighted by Gasteiger charge is -2.20. The molecular formula is C15H23NO3. The number of esters is 1. The number of para-hydroxylation sites is 1. The molecule has 0 heterocycles. The quantitative estimate of drug-likeness (QED) is 0.734. The van der Waals surface area contributed by atoms with Crippen LogP contribution in [0.3, 0.4) is 0 Å². The fourth-order valence-electron chi connectivity index (χ4n) is 1.89. The predicted molar refractivity (Wildman–Crippen MR) is 75.3 cm³/mol. The summed E-state index contributed by atoms with van der Waals surface area (Å²) in [6, 6.07) is 8.05. The summed E-state index contributed by atoms with van der Waals surface area (Å²) in [7, 11) is 1.36. The average molecular weight is 265 g/mol. The molecule has 1 N–H and O–H groups in total. The molecule has 4 nitrogen and oxygen atoms in total. The number of rotatable bonds is 8. The Balaban J connectivity index is 2.78. The van der Waals surface area contributed by atoms with Gasteiger partial charge in [-0.25, -0.2) is 4.79 Å². The van der Waals surface area contributed by atoms with Gasteiger partial charge in [0.25, 0.3) is 0 Å². The van der Waals surface area contributed by atoms with E-state index in [1.165, 1.54) is 7.11 Å². The summed E-state index contributed by atoms with van der Waals surface area (Å²) >= 11 is 0. The SMILES string of the molecule is CCCNC(CC)c1ccccc1OCC(=O)OC.